The fraction of sp³-hybridized carbons (Fsp3) is 0.474. The fourth-order valence-electron chi connectivity index (χ4n) is 3.23. The molecule has 1 saturated carbocycles. The first-order valence-electron chi connectivity index (χ1n) is 8.92. The first-order chi connectivity index (χ1) is 12.3. The summed E-state index contributed by atoms with van der Waals surface area (Å²) in [6, 6.07) is 10.2. The molecule has 2 aromatic rings. The third-order valence-electron chi connectivity index (χ3n) is 4.62. The number of nitrogens with one attached hydrogen (secondary N) is 2. The Kier molecular flexibility index (Phi) is 6.06. The zero-order chi connectivity index (χ0) is 17.5. The molecule has 0 saturated heterocycles. The number of carbonyl (C=O) groups excluding carboxylic acids is 1. The third kappa shape index (κ3) is 4.60. The average Bonchev–Trinajstić information content (AvgIpc) is 3.32. The van der Waals surface area contributed by atoms with E-state index in [9.17, 15) is 4.79 Å². The summed E-state index contributed by atoms with van der Waals surface area (Å²) in [7, 11) is 1.68. The topological polar surface area (TPSA) is 68.2 Å². The van der Waals surface area contributed by atoms with Gasteiger partial charge in [0.05, 0.1) is 12.6 Å². The minimum atomic E-state index is -0.136. The molecule has 0 atom stereocenters. The largest absolute Gasteiger partial charge is 0.383 e. The van der Waals surface area contributed by atoms with E-state index >= 15 is 0 Å². The lowest BCUT2D eigenvalue weighted by Gasteiger charge is -2.12. The minimum absolute atomic E-state index is 0.136. The van der Waals surface area contributed by atoms with Gasteiger partial charge in [-0.2, -0.15) is 5.10 Å². The van der Waals surface area contributed by atoms with Gasteiger partial charge >= 0.3 is 0 Å². The molecule has 0 radical (unpaired) electrons. The van der Waals surface area contributed by atoms with Gasteiger partial charge < -0.3 is 15.4 Å². The number of anilines is 1. The second-order valence-corrected chi connectivity index (χ2v) is 6.38. The lowest BCUT2D eigenvalue weighted by atomic mass is 10.1. The van der Waals surface area contributed by atoms with Crippen molar-refractivity contribution >= 4 is 11.6 Å². The lowest BCUT2D eigenvalue weighted by Crippen LogP contribution is -2.24. The summed E-state index contributed by atoms with van der Waals surface area (Å²) in [4.78, 5) is 12.4. The Morgan fingerprint density at radius 1 is 1.28 bits per heavy atom. The number of ether oxygens (including phenoxy) is 1. The quantitative estimate of drug-likeness (QED) is 0.724. The number of aromatic nitrogens is 2. The SMILES string of the molecule is COCCNc1ccccc1CNC(=O)c1ccn(C2CCCC2)n1. The van der Waals surface area contributed by atoms with E-state index in [4.69, 9.17) is 4.74 Å². The highest BCUT2D eigenvalue weighted by Crippen LogP contribution is 2.28. The highest BCUT2D eigenvalue weighted by Gasteiger charge is 2.19. The van der Waals surface area contributed by atoms with Crippen LogP contribution in [-0.2, 0) is 11.3 Å². The van der Waals surface area contributed by atoms with Crippen molar-refractivity contribution in [3.05, 3.63) is 47.8 Å². The van der Waals surface area contributed by atoms with E-state index in [2.05, 4.69) is 15.7 Å². The van der Waals surface area contributed by atoms with E-state index in [1.165, 1.54) is 12.8 Å². The molecule has 1 fully saturated rings. The van der Waals surface area contributed by atoms with Crippen molar-refractivity contribution in [1.29, 1.82) is 0 Å². The first kappa shape index (κ1) is 17.5. The fourth-order valence-corrected chi connectivity index (χ4v) is 3.23. The molecular weight excluding hydrogens is 316 g/mol. The van der Waals surface area contributed by atoms with Crippen LogP contribution in [0.3, 0.4) is 0 Å². The van der Waals surface area contributed by atoms with Gasteiger partial charge in [-0.15, -0.1) is 0 Å². The van der Waals surface area contributed by atoms with Crippen molar-refractivity contribution in [1.82, 2.24) is 15.1 Å². The summed E-state index contributed by atoms with van der Waals surface area (Å²) in [5, 5.41) is 10.7. The maximum atomic E-state index is 12.4. The number of methoxy groups -OCH3 is 1. The predicted octanol–water partition coefficient (Wildman–Crippen LogP) is 2.99. The molecule has 0 unspecified atom stereocenters. The number of hydrogen-bond donors (Lipinski definition) is 2. The molecule has 0 bridgehead atoms. The van der Waals surface area contributed by atoms with Crippen molar-refractivity contribution in [2.45, 2.75) is 38.3 Å². The number of carbonyl (C=O) groups is 1. The van der Waals surface area contributed by atoms with Crippen LogP contribution in [0.5, 0.6) is 0 Å². The van der Waals surface area contributed by atoms with E-state index in [0.717, 1.165) is 30.6 Å². The van der Waals surface area contributed by atoms with Gasteiger partial charge in [0.25, 0.3) is 5.91 Å². The Hall–Kier alpha value is -2.34. The molecule has 6 heteroatoms. The number of nitrogens with zero attached hydrogens (tertiary/aromatic N) is 2. The molecule has 1 heterocycles. The maximum Gasteiger partial charge on any atom is 0.272 e. The monoisotopic (exact) mass is 342 g/mol. The normalized spacial score (nSPS) is 14.6. The Balaban J connectivity index is 1.57. The van der Waals surface area contributed by atoms with Crippen molar-refractivity contribution in [3.63, 3.8) is 0 Å². The van der Waals surface area contributed by atoms with Gasteiger partial charge in [-0.25, -0.2) is 0 Å². The van der Waals surface area contributed by atoms with Crippen molar-refractivity contribution < 1.29 is 9.53 Å². The molecule has 3 rings (SSSR count). The number of amides is 1. The van der Waals surface area contributed by atoms with Crippen LogP contribution in [0.2, 0.25) is 0 Å². The molecule has 1 aliphatic rings. The van der Waals surface area contributed by atoms with Gasteiger partial charge in [0.1, 0.15) is 5.69 Å². The van der Waals surface area contributed by atoms with E-state index < -0.39 is 0 Å². The van der Waals surface area contributed by atoms with E-state index in [1.54, 1.807) is 13.2 Å². The summed E-state index contributed by atoms with van der Waals surface area (Å²) in [6.07, 6.45) is 6.73. The van der Waals surface area contributed by atoms with Crippen LogP contribution in [0.1, 0.15) is 47.8 Å². The first-order valence-corrected chi connectivity index (χ1v) is 8.92. The number of rotatable bonds is 8. The zero-order valence-electron chi connectivity index (χ0n) is 14.7. The molecule has 6 nitrogen and oxygen atoms in total. The van der Waals surface area contributed by atoms with E-state index in [1.807, 2.05) is 35.1 Å². The zero-order valence-corrected chi connectivity index (χ0v) is 14.7. The highest BCUT2D eigenvalue weighted by atomic mass is 16.5. The Labute approximate surface area is 148 Å². The van der Waals surface area contributed by atoms with Crippen LogP contribution in [0.15, 0.2) is 36.5 Å². The molecular formula is C19H26N4O2. The predicted molar refractivity (Wildman–Crippen MR) is 97.7 cm³/mol. The van der Waals surface area contributed by atoms with Crippen LogP contribution >= 0.6 is 0 Å². The highest BCUT2D eigenvalue weighted by molar-refractivity contribution is 5.92. The van der Waals surface area contributed by atoms with Crippen LogP contribution < -0.4 is 10.6 Å². The summed E-state index contributed by atoms with van der Waals surface area (Å²) >= 11 is 0. The summed E-state index contributed by atoms with van der Waals surface area (Å²) in [6.45, 7) is 1.83. The Morgan fingerprint density at radius 2 is 2.08 bits per heavy atom. The summed E-state index contributed by atoms with van der Waals surface area (Å²) in [5.74, 6) is -0.136. The van der Waals surface area contributed by atoms with Gasteiger partial charge in [-0.05, 0) is 30.5 Å². The second-order valence-electron chi connectivity index (χ2n) is 6.38. The molecule has 0 aliphatic heterocycles. The second kappa shape index (κ2) is 8.67. The Morgan fingerprint density at radius 3 is 2.88 bits per heavy atom. The minimum Gasteiger partial charge on any atom is -0.383 e. The molecule has 25 heavy (non-hydrogen) atoms. The van der Waals surface area contributed by atoms with Gasteiger partial charge in [-0.1, -0.05) is 31.0 Å². The molecule has 1 aromatic heterocycles. The summed E-state index contributed by atoms with van der Waals surface area (Å²) < 4.78 is 7.01. The number of para-hydroxylation sites is 1. The van der Waals surface area contributed by atoms with Crippen LogP contribution in [0.25, 0.3) is 0 Å². The van der Waals surface area contributed by atoms with E-state index in [0.29, 0.717) is 24.9 Å². The standard InChI is InChI=1S/C19H26N4O2/c1-25-13-11-20-17-9-5-2-6-15(17)14-21-19(24)18-10-12-23(22-18)16-7-3-4-8-16/h2,5-6,9-10,12,16,20H,3-4,7-8,11,13-14H2,1H3,(H,21,24). The molecule has 1 aliphatic carbocycles. The molecule has 1 amide bonds. The van der Waals surface area contributed by atoms with Gasteiger partial charge in [0, 0.05) is 32.1 Å². The number of benzene rings is 1. The van der Waals surface area contributed by atoms with Crippen LogP contribution in [0.4, 0.5) is 5.69 Å². The number of hydrogen-bond acceptors (Lipinski definition) is 4. The van der Waals surface area contributed by atoms with Gasteiger partial charge in [-0.3, -0.25) is 9.48 Å². The van der Waals surface area contributed by atoms with Crippen LogP contribution in [0, 0.1) is 0 Å². The third-order valence-corrected chi connectivity index (χ3v) is 4.62. The lowest BCUT2D eigenvalue weighted by molar-refractivity contribution is 0.0945. The van der Waals surface area contributed by atoms with Gasteiger partial charge in [0.2, 0.25) is 0 Å². The van der Waals surface area contributed by atoms with Crippen LogP contribution in [-0.4, -0.2) is 35.9 Å². The maximum absolute atomic E-state index is 12.4. The van der Waals surface area contributed by atoms with Gasteiger partial charge in [0.15, 0.2) is 0 Å². The average molecular weight is 342 g/mol. The van der Waals surface area contributed by atoms with E-state index in [-0.39, 0.29) is 5.91 Å². The summed E-state index contributed by atoms with van der Waals surface area (Å²) in [5.41, 5.74) is 2.54. The van der Waals surface area contributed by atoms with Crippen molar-refractivity contribution in [2.24, 2.45) is 0 Å². The van der Waals surface area contributed by atoms with Crippen molar-refractivity contribution in [2.75, 3.05) is 25.6 Å². The Bertz CT molecular complexity index is 692. The molecule has 134 valence electrons. The smallest absolute Gasteiger partial charge is 0.272 e. The van der Waals surface area contributed by atoms with Crippen molar-refractivity contribution in [3.8, 4) is 0 Å². The molecule has 1 aromatic carbocycles. The molecule has 0 spiro atoms. The molecule has 2 N–H and O–H groups in total.